The predicted molar refractivity (Wildman–Crippen MR) is 103 cm³/mol. The summed E-state index contributed by atoms with van der Waals surface area (Å²) in [4.78, 5) is 12.2. The van der Waals surface area contributed by atoms with Crippen LogP contribution in [0.3, 0.4) is 0 Å². The van der Waals surface area contributed by atoms with Crippen LogP contribution in [0, 0.1) is 5.92 Å². The highest BCUT2D eigenvalue weighted by Crippen LogP contribution is 2.33. The number of carbonyl (C=O) groups is 1. The molecule has 0 unspecified atom stereocenters. The van der Waals surface area contributed by atoms with E-state index in [1.54, 1.807) is 29.6 Å². The molecule has 3 rings (SSSR count). The van der Waals surface area contributed by atoms with Crippen molar-refractivity contribution in [2.75, 3.05) is 39.2 Å². The molecule has 8 nitrogen and oxygen atoms in total. The van der Waals surface area contributed by atoms with Crippen molar-refractivity contribution in [2.45, 2.75) is 30.9 Å². The van der Waals surface area contributed by atoms with E-state index in [-0.39, 0.29) is 17.2 Å². The lowest BCUT2D eigenvalue weighted by Crippen LogP contribution is -2.43. The Labute approximate surface area is 160 Å². The Hall–Kier alpha value is -2.00. The van der Waals surface area contributed by atoms with Crippen molar-refractivity contribution in [1.82, 2.24) is 9.62 Å². The molecular weight excluding hydrogens is 370 g/mol. The van der Waals surface area contributed by atoms with E-state index in [1.807, 2.05) is 0 Å². The smallest absolute Gasteiger partial charge is 0.319 e. The Morgan fingerprint density at radius 3 is 2.44 bits per heavy atom. The summed E-state index contributed by atoms with van der Waals surface area (Å²) in [7, 11) is 0.00614. The van der Waals surface area contributed by atoms with Gasteiger partial charge in [-0.15, -0.1) is 0 Å². The first-order valence-electron chi connectivity index (χ1n) is 9.20. The first kappa shape index (κ1) is 19.8. The minimum absolute atomic E-state index is 0.155. The maximum atomic E-state index is 12.3. The highest BCUT2D eigenvalue weighted by Gasteiger charge is 2.41. The molecule has 2 aliphatic rings. The van der Waals surface area contributed by atoms with Crippen molar-refractivity contribution in [3.8, 4) is 11.5 Å². The highest BCUT2D eigenvalue weighted by molar-refractivity contribution is 7.90. The molecule has 1 aliphatic heterocycles. The van der Waals surface area contributed by atoms with Crippen molar-refractivity contribution in [3.63, 3.8) is 0 Å². The normalized spacial score (nSPS) is 18.7. The second kappa shape index (κ2) is 8.35. The first-order chi connectivity index (χ1) is 12.9. The van der Waals surface area contributed by atoms with Crippen LogP contribution >= 0.6 is 0 Å². The number of hydrogen-bond acceptors (Lipinski definition) is 5. The molecule has 9 heteroatoms. The summed E-state index contributed by atoms with van der Waals surface area (Å²) in [5.41, 5.74) is 0.557. The largest absolute Gasteiger partial charge is 0.497 e. The average molecular weight is 397 g/mol. The van der Waals surface area contributed by atoms with Crippen LogP contribution in [0.5, 0.6) is 11.5 Å². The van der Waals surface area contributed by atoms with Gasteiger partial charge in [0.1, 0.15) is 11.5 Å². The molecule has 1 saturated heterocycles. The molecule has 2 fully saturated rings. The van der Waals surface area contributed by atoms with Crippen LogP contribution < -0.4 is 20.1 Å². The Balaban J connectivity index is 1.45. The van der Waals surface area contributed by atoms with E-state index in [2.05, 4.69) is 10.6 Å². The minimum atomic E-state index is -3.09. The maximum Gasteiger partial charge on any atom is 0.319 e. The number of anilines is 1. The van der Waals surface area contributed by atoms with Crippen molar-refractivity contribution >= 4 is 21.7 Å². The Kier molecular flexibility index (Phi) is 6.11. The van der Waals surface area contributed by atoms with Gasteiger partial charge < -0.3 is 20.1 Å². The quantitative estimate of drug-likeness (QED) is 0.734. The average Bonchev–Trinajstić information content (AvgIpc) is 3.53. The van der Waals surface area contributed by atoms with Gasteiger partial charge >= 0.3 is 6.03 Å². The molecule has 1 aromatic rings. The van der Waals surface area contributed by atoms with Crippen LogP contribution in [0.4, 0.5) is 10.5 Å². The number of urea groups is 1. The van der Waals surface area contributed by atoms with Gasteiger partial charge in [-0.25, -0.2) is 17.5 Å². The summed E-state index contributed by atoms with van der Waals surface area (Å²) in [6.07, 6.45) is 3.10. The fourth-order valence-electron chi connectivity index (χ4n) is 3.25. The van der Waals surface area contributed by atoms with E-state index in [0.29, 0.717) is 36.8 Å². The number of piperidine rings is 1. The molecule has 2 N–H and O–H groups in total. The zero-order valence-electron chi connectivity index (χ0n) is 15.7. The van der Waals surface area contributed by atoms with E-state index in [1.165, 1.54) is 7.11 Å². The molecule has 27 heavy (non-hydrogen) atoms. The van der Waals surface area contributed by atoms with Gasteiger partial charge in [0.25, 0.3) is 0 Å². The zero-order valence-corrected chi connectivity index (χ0v) is 16.5. The highest BCUT2D eigenvalue weighted by atomic mass is 32.2. The van der Waals surface area contributed by atoms with Gasteiger partial charge in [0.2, 0.25) is 10.0 Å². The van der Waals surface area contributed by atoms with Crippen LogP contribution in [0.15, 0.2) is 18.2 Å². The van der Waals surface area contributed by atoms with E-state index in [9.17, 15) is 13.2 Å². The summed E-state index contributed by atoms with van der Waals surface area (Å²) in [5, 5.41) is 5.48. The number of ether oxygens (including phenoxy) is 2. The fraction of sp³-hybridized carbons (Fsp3) is 0.611. The second-order valence-electron chi connectivity index (χ2n) is 6.99. The predicted octanol–water partition coefficient (Wildman–Crippen LogP) is 2.03. The summed E-state index contributed by atoms with van der Waals surface area (Å²) in [6, 6.07) is 4.85. The molecular formula is C18H27N3O5S. The summed E-state index contributed by atoms with van der Waals surface area (Å²) < 4.78 is 36.5. The molecule has 0 atom stereocenters. The minimum Gasteiger partial charge on any atom is -0.497 e. The van der Waals surface area contributed by atoms with Gasteiger partial charge in [0.05, 0.1) is 25.2 Å². The molecule has 0 bridgehead atoms. The monoisotopic (exact) mass is 397 g/mol. The molecule has 150 valence electrons. The lowest BCUT2D eigenvalue weighted by atomic mass is 9.98. The summed E-state index contributed by atoms with van der Waals surface area (Å²) in [6.45, 7) is 1.60. The SMILES string of the molecule is COc1ccc(NC(=O)NCC2CCN(S(=O)(=O)C3CC3)CC2)c(OC)c1. The number of benzene rings is 1. The zero-order chi connectivity index (χ0) is 19.4. The molecule has 2 amide bonds. The van der Waals surface area contributed by atoms with Crippen LogP contribution in [-0.4, -0.2) is 57.9 Å². The van der Waals surface area contributed by atoms with Crippen LogP contribution in [0.2, 0.25) is 0 Å². The first-order valence-corrected chi connectivity index (χ1v) is 10.7. The molecule has 0 spiro atoms. The maximum absolute atomic E-state index is 12.3. The van der Waals surface area contributed by atoms with Crippen molar-refractivity contribution in [2.24, 2.45) is 5.92 Å². The lowest BCUT2D eigenvalue weighted by Gasteiger charge is -2.31. The van der Waals surface area contributed by atoms with E-state index in [0.717, 1.165) is 25.7 Å². The van der Waals surface area contributed by atoms with Gasteiger partial charge in [0, 0.05) is 25.7 Å². The molecule has 0 aromatic heterocycles. The van der Waals surface area contributed by atoms with Gasteiger partial charge in [-0.2, -0.15) is 0 Å². The molecule has 1 saturated carbocycles. The number of carbonyl (C=O) groups excluding carboxylic acids is 1. The van der Waals surface area contributed by atoms with Gasteiger partial charge in [-0.3, -0.25) is 0 Å². The van der Waals surface area contributed by atoms with Crippen LogP contribution in [0.1, 0.15) is 25.7 Å². The molecule has 0 radical (unpaired) electrons. The van der Waals surface area contributed by atoms with Crippen molar-refractivity contribution in [3.05, 3.63) is 18.2 Å². The number of sulfonamides is 1. The van der Waals surface area contributed by atoms with Crippen molar-refractivity contribution in [1.29, 1.82) is 0 Å². The van der Waals surface area contributed by atoms with Gasteiger partial charge in [-0.1, -0.05) is 0 Å². The number of methoxy groups -OCH3 is 2. The third kappa shape index (κ3) is 4.84. The molecule has 1 heterocycles. The lowest BCUT2D eigenvalue weighted by molar-refractivity contribution is 0.240. The number of nitrogens with one attached hydrogen (secondary N) is 2. The number of nitrogens with zero attached hydrogens (tertiary/aromatic N) is 1. The van der Waals surface area contributed by atoms with E-state index >= 15 is 0 Å². The Morgan fingerprint density at radius 2 is 1.85 bits per heavy atom. The molecule has 1 aliphatic carbocycles. The van der Waals surface area contributed by atoms with Gasteiger partial charge in [-0.05, 0) is 43.7 Å². The standard InChI is InChI=1S/C18H27N3O5S/c1-25-14-3-6-16(17(11-14)26-2)20-18(22)19-12-13-7-9-21(10-8-13)27(23,24)15-4-5-15/h3,6,11,13,15H,4-5,7-10,12H2,1-2H3,(H2,19,20,22). The third-order valence-corrected chi connectivity index (χ3v) is 7.49. The fourth-order valence-corrected chi connectivity index (χ4v) is 5.12. The third-order valence-electron chi connectivity index (χ3n) is 5.09. The molecule has 1 aromatic carbocycles. The van der Waals surface area contributed by atoms with E-state index < -0.39 is 10.0 Å². The van der Waals surface area contributed by atoms with Crippen LogP contribution in [0.25, 0.3) is 0 Å². The Morgan fingerprint density at radius 1 is 1.15 bits per heavy atom. The number of amides is 2. The summed E-state index contributed by atoms with van der Waals surface area (Å²) >= 11 is 0. The van der Waals surface area contributed by atoms with Crippen LogP contribution in [-0.2, 0) is 10.0 Å². The number of rotatable bonds is 7. The topological polar surface area (TPSA) is 97.0 Å². The summed E-state index contributed by atoms with van der Waals surface area (Å²) in [5.74, 6) is 1.44. The Bertz CT molecular complexity index is 771. The van der Waals surface area contributed by atoms with Crippen molar-refractivity contribution < 1.29 is 22.7 Å². The van der Waals surface area contributed by atoms with E-state index in [4.69, 9.17) is 9.47 Å². The van der Waals surface area contributed by atoms with Gasteiger partial charge in [0.15, 0.2) is 0 Å². The number of hydrogen-bond donors (Lipinski definition) is 2. The second-order valence-corrected chi connectivity index (χ2v) is 9.20.